The van der Waals surface area contributed by atoms with Crippen LogP contribution in [0.25, 0.3) is 16.6 Å². The molecule has 138 valence electrons. The van der Waals surface area contributed by atoms with E-state index in [1.165, 1.54) is 11.8 Å². The van der Waals surface area contributed by atoms with Crippen molar-refractivity contribution in [1.82, 2.24) is 14.3 Å². The Labute approximate surface area is 170 Å². The maximum absolute atomic E-state index is 15.0. The van der Waals surface area contributed by atoms with Gasteiger partial charge in [-0.05, 0) is 30.7 Å². The fraction of sp³-hybridized carbons (Fsp3) is 0.150. The summed E-state index contributed by atoms with van der Waals surface area (Å²) in [5.74, 6) is -0.487. The van der Waals surface area contributed by atoms with Crippen LogP contribution in [0.3, 0.4) is 0 Å². The van der Waals surface area contributed by atoms with Crippen LogP contribution in [0.15, 0.2) is 64.6 Å². The molecule has 0 aliphatic rings. The zero-order chi connectivity index (χ0) is 19.0. The van der Waals surface area contributed by atoms with E-state index in [2.05, 4.69) is 12.0 Å². The Morgan fingerprint density at radius 1 is 1.11 bits per heavy atom. The highest BCUT2D eigenvalue weighted by Gasteiger charge is 2.23. The van der Waals surface area contributed by atoms with Crippen molar-refractivity contribution in [1.29, 1.82) is 0 Å². The molecule has 4 rings (SSSR count). The van der Waals surface area contributed by atoms with Gasteiger partial charge in [0, 0.05) is 23.0 Å². The molecule has 2 heterocycles. The van der Waals surface area contributed by atoms with E-state index in [9.17, 15) is 4.39 Å². The lowest BCUT2D eigenvalue weighted by atomic mass is 10.2. The van der Waals surface area contributed by atoms with Crippen molar-refractivity contribution in [2.24, 2.45) is 0 Å². The first-order valence-electron chi connectivity index (χ1n) is 8.53. The third-order valence-corrected chi connectivity index (χ3v) is 6.10. The maximum atomic E-state index is 15.0. The highest BCUT2D eigenvalue weighted by atomic mass is 35.5. The van der Waals surface area contributed by atoms with Crippen LogP contribution in [0.4, 0.5) is 4.39 Å². The smallest absolute Gasteiger partial charge is 0.166 e. The van der Waals surface area contributed by atoms with Gasteiger partial charge >= 0.3 is 0 Å². The summed E-state index contributed by atoms with van der Waals surface area (Å²) in [5, 5.41) is 5.58. The maximum Gasteiger partial charge on any atom is 0.166 e. The van der Waals surface area contributed by atoms with Crippen molar-refractivity contribution >= 4 is 45.9 Å². The van der Waals surface area contributed by atoms with Crippen LogP contribution in [-0.2, 0) is 6.54 Å². The van der Waals surface area contributed by atoms with Gasteiger partial charge in [0.05, 0.1) is 27.3 Å². The number of halogens is 3. The molecule has 0 spiro atoms. The molecule has 3 nitrogen and oxygen atoms in total. The summed E-state index contributed by atoms with van der Waals surface area (Å²) in [6.45, 7) is 2.86. The fourth-order valence-electron chi connectivity index (χ4n) is 3.02. The van der Waals surface area contributed by atoms with Gasteiger partial charge in [0.1, 0.15) is 5.15 Å². The monoisotopic (exact) mass is 419 g/mol. The van der Waals surface area contributed by atoms with E-state index in [0.717, 1.165) is 28.1 Å². The van der Waals surface area contributed by atoms with Gasteiger partial charge in [-0.2, -0.15) is 5.10 Å². The molecule has 0 saturated heterocycles. The minimum Gasteiger partial charge on any atom is -0.293 e. The summed E-state index contributed by atoms with van der Waals surface area (Å²) < 4.78 is 18.5. The van der Waals surface area contributed by atoms with Gasteiger partial charge in [0.2, 0.25) is 0 Å². The van der Waals surface area contributed by atoms with Crippen molar-refractivity contribution in [2.45, 2.75) is 29.7 Å². The van der Waals surface area contributed by atoms with Crippen LogP contribution >= 0.6 is 35.0 Å². The molecule has 0 amide bonds. The second kappa shape index (κ2) is 7.58. The topological polar surface area (TPSA) is 22.8 Å². The van der Waals surface area contributed by atoms with Gasteiger partial charge in [-0.3, -0.25) is 9.25 Å². The molecular weight excluding hydrogens is 404 g/mol. The highest BCUT2D eigenvalue weighted by molar-refractivity contribution is 7.99. The lowest BCUT2D eigenvalue weighted by Crippen LogP contribution is -1.97. The molecule has 2 aromatic heterocycles. The summed E-state index contributed by atoms with van der Waals surface area (Å²) in [5.41, 5.74) is 1.07. The third-order valence-electron chi connectivity index (χ3n) is 4.21. The van der Waals surface area contributed by atoms with E-state index < -0.39 is 5.82 Å². The number of aryl methyl sites for hydroxylation is 1. The van der Waals surface area contributed by atoms with Gasteiger partial charge in [-0.25, -0.2) is 4.39 Å². The van der Waals surface area contributed by atoms with E-state index >= 15 is 0 Å². The second-order valence-electron chi connectivity index (χ2n) is 6.09. The van der Waals surface area contributed by atoms with Crippen LogP contribution in [-0.4, -0.2) is 14.3 Å². The van der Waals surface area contributed by atoms with Crippen molar-refractivity contribution in [3.8, 4) is 5.69 Å². The van der Waals surface area contributed by atoms with Gasteiger partial charge in [-0.15, -0.1) is 0 Å². The van der Waals surface area contributed by atoms with Crippen LogP contribution in [0.2, 0.25) is 10.2 Å². The average Bonchev–Trinajstić information content (AvgIpc) is 3.23. The first kappa shape index (κ1) is 18.4. The van der Waals surface area contributed by atoms with Crippen molar-refractivity contribution in [2.75, 3.05) is 0 Å². The van der Waals surface area contributed by atoms with Gasteiger partial charge in [-0.1, -0.05) is 60.1 Å². The molecule has 0 bridgehead atoms. The van der Waals surface area contributed by atoms with E-state index in [1.54, 1.807) is 16.8 Å². The Hall–Kier alpha value is -1.95. The number of nitrogens with zero attached hydrogens (tertiary/aromatic N) is 3. The first-order valence-corrected chi connectivity index (χ1v) is 10.1. The standard InChI is InChI=1S/C20H16Cl2FN3S/c1-2-10-25-12-13(11-24-25)26-18-15(8-9-16(21)17(18)23)19(20(26)22)27-14-6-4-3-5-7-14/h3-9,11-12H,2,10H2,1H3. The number of benzene rings is 2. The van der Waals surface area contributed by atoms with Gasteiger partial charge in [0.25, 0.3) is 0 Å². The SMILES string of the molecule is CCCn1cc(-n2c(Cl)c(Sc3ccccc3)c3ccc(Cl)c(F)c32)cn1. The Balaban J connectivity index is 1.94. The summed E-state index contributed by atoms with van der Waals surface area (Å²) >= 11 is 14.3. The van der Waals surface area contributed by atoms with Crippen molar-refractivity contribution in [3.05, 3.63) is 70.9 Å². The molecule has 0 fully saturated rings. The van der Waals surface area contributed by atoms with Crippen LogP contribution in [0.5, 0.6) is 0 Å². The molecule has 0 radical (unpaired) electrons. The molecular formula is C20H16Cl2FN3S. The summed E-state index contributed by atoms with van der Waals surface area (Å²) in [4.78, 5) is 1.81. The van der Waals surface area contributed by atoms with Gasteiger partial charge in [0.15, 0.2) is 5.82 Å². The number of aromatic nitrogens is 3. The molecule has 2 aromatic carbocycles. The Morgan fingerprint density at radius 2 is 1.89 bits per heavy atom. The molecule has 27 heavy (non-hydrogen) atoms. The lowest BCUT2D eigenvalue weighted by molar-refractivity contribution is 0.602. The normalized spacial score (nSPS) is 11.4. The fourth-order valence-corrected chi connectivity index (χ4v) is 4.55. The Morgan fingerprint density at radius 3 is 2.63 bits per heavy atom. The molecule has 0 saturated carbocycles. The Kier molecular flexibility index (Phi) is 5.17. The predicted molar refractivity (Wildman–Crippen MR) is 110 cm³/mol. The number of rotatable bonds is 5. The zero-order valence-corrected chi connectivity index (χ0v) is 16.8. The van der Waals surface area contributed by atoms with Gasteiger partial charge < -0.3 is 0 Å². The number of hydrogen-bond acceptors (Lipinski definition) is 2. The Bertz CT molecular complexity index is 1110. The third kappa shape index (κ3) is 3.35. The molecule has 0 N–H and O–H groups in total. The summed E-state index contributed by atoms with van der Waals surface area (Å²) in [7, 11) is 0. The van der Waals surface area contributed by atoms with E-state index in [-0.39, 0.29) is 5.02 Å². The number of hydrogen-bond donors (Lipinski definition) is 0. The van der Waals surface area contributed by atoms with Crippen LogP contribution in [0.1, 0.15) is 13.3 Å². The molecule has 4 aromatic rings. The van der Waals surface area contributed by atoms with E-state index in [0.29, 0.717) is 16.4 Å². The molecule has 7 heteroatoms. The second-order valence-corrected chi connectivity index (χ2v) is 7.94. The van der Waals surface area contributed by atoms with Crippen LogP contribution < -0.4 is 0 Å². The quantitative estimate of drug-likeness (QED) is 0.353. The lowest BCUT2D eigenvalue weighted by Gasteiger charge is -2.05. The largest absolute Gasteiger partial charge is 0.293 e. The van der Waals surface area contributed by atoms with Crippen molar-refractivity contribution in [3.63, 3.8) is 0 Å². The molecule has 0 aliphatic heterocycles. The summed E-state index contributed by atoms with van der Waals surface area (Å²) in [6.07, 6.45) is 4.51. The number of fused-ring (bicyclic) bond motifs is 1. The zero-order valence-electron chi connectivity index (χ0n) is 14.5. The molecule has 0 atom stereocenters. The molecule has 0 aliphatic carbocycles. The van der Waals surface area contributed by atoms with Crippen molar-refractivity contribution < 1.29 is 4.39 Å². The minimum absolute atomic E-state index is 0.0649. The van der Waals surface area contributed by atoms with E-state index in [1.807, 2.05) is 47.3 Å². The van der Waals surface area contributed by atoms with Crippen LogP contribution in [0, 0.1) is 5.82 Å². The minimum atomic E-state index is -0.487. The first-order chi connectivity index (χ1) is 13.1. The summed E-state index contributed by atoms with van der Waals surface area (Å²) in [6, 6.07) is 13.2. The van der Waals surface area contributed by atoms with E-state index in [4.69, 9.17) is 23.2 Å². The molecule has 0 unspecified atom stereocenters. The average molecular weight is 420 g/mol. The predicted octanol–water partition coefficient (Wildman–Crippen LogP) is 6.83. The highest BCUT2D eigenvalue weighted by Crippen LogP contribution is 2.44.